The van der Waals surface area contributed by atoms with E-state index >= 15 is 0 Å². The molecule has 0 spiro atoms. The summed E-state index contributed by atoms with van der Waals surface area (Å²) in [6.07, 6.45) is 5.88. The summed E-state index contributed by atoms with van der Waals surface area (Å²) in [5, 5.41) is 11.1. The molecule has 0 aromatic heterocycles. The van der Waals surface area contributed by atoms with Gasteiger partial charge in [0.2, 0.25) is 5.91 Å². The first-order valence-electron chi connectivity index (χ1n) is 4.94. The molecule has 0 radical (unpaired) electrons. The highest BCUT2D eigenvalue weighted by atomic mass is 32.2. The van der Waals surface area contributed by atoms with Gasteiger partial charge in [-0.25, -0.2) is 0 Å². The number of hydrogen-bond acceptors (Lipinski definition) is 3. The first-order valence-corrected chi connectivity index (χ1v) is 6.09. The number of carbonyl (C=O) groups is 2. The maximum absolute atomic E-state index is 11.1. The van der Waals surface area contributed by atoms with Crippen molar-refractivity contribution >= 4 is 23.6 Å². The van der Waals surface area contributed by atoms with E-state index in [0.717, 1.165) is 0 Å². The Labute approximate surface area is 93.1 Å². The van der Waals surface area contributed by atoms with Crippen LogP contribution in [0.5, 0.6) is 0 Å². The van der Waals surface area contributed by atoms with Crippen molar-refractivity contribution in [1.29, 1.82) is 0 Å². The second-order valence-corrected chi connectivity index (χ2v) is 4.54. The smallest absolute Gasteiger partial charge is 0.313 e. The van der Waals surface area contributed by atoms with Crippen molar-refractivity contribution in [2.24, 2.45) is 5.92 Å². The third kappa shape index (κ3) is 7.02. The maximum atomic E-state index is 11.1. The Kier molecular flexibility index (Phi) is 5.25. The van der Waals surface area contributed by atoms with Gasteiger partial charge in [-0.05, 0) is 24.8 Å². The third-order valence-electron chi connectivity index (χ3n) is 1.91. The highest BCUT2D eigenvalue weighted by Crippen LogP contribution is 2.29. The first kappa shape index (κ1) is 12.1. The van der Waals surface area contributed by atoms with E-state index in [4.69, 9.17) is 5.11 Å². The molecule has 0 aromatic rings. The summed E-state index contributed by atoms with van der Waals surface area (Å²) in [4.78, 5) is 21.3. The molecule has 1 fully saturated rings. The molecule has 5 heteroatoms. The Morgan fingerprint density at radius 3 is 2.80 bits per heavy atom. The van der Waals surface area contributed by atoms with Crippen LogP contribution >= 0.6 is 11.8 Å². The summed E-state index contributed by atoms with van der Waals surface area (Å²) in [6.45, 7) is 0.520. The number of amides is 1. The van der Waals surface area contributed by atoms with Gasteiger partial charge < -0.3 is 10.4 Å². The first-order chi connectivity index (χ1) is 7.18. The number of rotatable bonds is 7. The molecule has 0 heterocycles. The van der Waals surface area contributed by atoms with Crippen LogP contribution in [-0.4, -0.2) is 35.0 Å². The summed E-state index contributed by atoms with van der Waals surface area (Å²) in [6, 6.07) is 0. The van der Waals surface area contributed by atoms with Gasteiger partial charge in [0.05, 0.1) is 5.75 Å². The Morgan fingerprint density at radius 1 is 1.47 bits per heavy atom. The molecule has 0 unspecified atom stereocenters. The number of carboxylic acids is 1. The highest BCUT2D eigenvalue weighted by molar-refractivity contribution is 7.99. The van der Waals surface area contributed by atoms with Crippen LogP contribution in [0.2, 0.25) is 0 Å². The van der Waals surface area contributed by atoms with E-state index < -0.39 is 5.97 Å². The van der Waals surface area contributed by atoms with E-state index in [0.29, 0.717) is 18.2 Å². The molecule has 0 bridgehead atoms. The van der Waals surface area contributed by atoms with Gasteiger partial charge in [-0.1, -0.05) is 6.08 Å². The van der Waals surface area contributed by atoms with Crippen LogP contribution < -0.4 is 5.32 Å². The van der Waals surface area contributed by atoms with Crippen molar-refractivity contribution < 1.29 is 14.7 Å². The molecule has 1 aliphatic carbocycles. The van der Waals surface area contributed by atoms with E-state index in [-0.39, 0.29) is 11.7 Å². The van der Waals surface area contributed by atoms with E-state index in [1.807, 2.05) is 6.08 Å². The van der Waals surface area contributed by atoms with Crippen molar-refractivity contribution in [1.82, 2.24) is 5.32 Å². The third-order valence-corrected chi connectivity index (χ3v) is 2.86. The fraction of sp³-hybridized carbons (Fsp3) is 0.600. The summed E-state index contributed by atoms with van der Waals surface area (Å²) < 4.78 is 0. The van der Waals surface area contributed by atoms with E-state index in [2.05, 4.69) is 5.32 Å². The number of aliphatic carboxylic acids is 1. The van der Waals surface area contributed by atoms with Crippen molar-refractivity contribution in [2.45, 2.75) is 12.8 Å². The normalized spacial score (nSPS) is 15.5. The highest BCUT2D eigenvalue weighted by Gasteiger charge is 2.17. The quantitative estimate of drug-likeness (QED) is 0.502. The van der Waals surface area contributed by atoms with Crippen LogP contribution in [0, 0.1) is 5.92 Å². The maximum Gasteiger partial charge on any atom is 0.313 e. The second kappa shape index (κ2) is 6.50. The van der Waals surface area contributed by atoms with Crippen LogP contribution in [-0.2, 0) is 9.59 Å². The SMILES string of the molecule is O=C(O)CSCCNC(=O)/C=C/C1CC1. The van der Waals surface area contributed by atoms with Crippen LogP contribution in [0.15, 0.2) is 12.2 Å². The van der Waals surface area contributed by atoms with Crippen molar-refractivity contribution in [2.75, 3.05) is 18.1 Å². The fourth-order valence-electron chi connectivity index (χ4n) is 0.977. The lowest BCUT2D eigenvalue weighted by atomic mass is 10.3. The van der Waals surface area contributed by atoms with Gasteiger partial charge in [0.25, 0.3) is 0 Å². The summed E-state index contributed by atoms with van der Waals surface area (Å²) in [7, 11) is 0. The van der Waals surface area contributed by atoms with E-state index in [1.165, 1.54) is 24.6 Å². The van der Waals surface area contributed by atoms with Gasteiger partial charge in [0.1, 0.15) is 0 Å². The monoisotopic (exact) mass is 229 g/mol. The van der Waals surface area contributed by atoms with Gasteiger partial charge in [-0.2, -0.15) is 0 Å². The fourth-order valence-corrected chi connectivity index (χ4v) is 1.54. The topological polar surface area (TPSA) is 66.4 Å². The molecule has 2 N–H and O–H groups in total. The number of allylic oxidation sites excluding steroid dienone is 1. The molecule has 4 nitrogen and oxygen atoms in total. The molecule has 1 aliphatic rings. The Bertz CT molecular complexity index is 261. The van der Waals surface area contributed by atoms with Crippen molar-refractivity contribution in [3.05, 3.63) is 12.2 Å². The van der Waals surface area contributed by atoms with Gasteiger partial charge >= 0.3 is 5.97 Å². The zero-order valence-electron chi connectivity index (χ0n) is 8.44. The van der Waals surface area contributed by atoms with Crippen LogP contribution in [0.25, 0.3) is 0 Å². The number of carboxylic acid groups (broad SMARTS) is 1. The lowest BCUT2D eigenvalue weighted by Crippen LogP contribution is -2.23. The van der Waals surface area contributed by atoms with Gasteiger partial charge in [-0.3, -0.25) is 9.59 Å². The average molecular weight is 229 g/mol. The van der Waals surface area contributed by atoms with Crippen molar-refractivity contribution in [3.8, 4) is 0 Å². The largest absolute Gasteiger partial charge is 0.481 e. The molecule has 1 saturated carbocycles. The molecular formula is C10H15NO3S. The summed E-state index contributed by atoms with van der Waals surface area (Å²) in [5.74, 6) is 0.429. The molecule has 84 valence electrons. The van der Waals surface area contributed by atoms with Crippen molar-refractivity contribution in [3.63, 3.8) is 0 Å². The van der Waals surface area contributed by atoms with Crippen LogP contribution in [0.4, 0.5) is 0 Å². The number of hydrogen-bond donors (Lipinski definition) is 2. The Morgan fingerprint density at radius 2 is 2.20 bits per heavy atom. The number of thioether (sulfide) groups is 1. The molecular weight excluding hydrogens is 214 g/mol. The van der Waals surface area contributed by atoms with Gasteiger partial charge in [0.15, 0.2) is 0 Å². The molecule has 0 aliphatic heterocycles. The molecule has 0 aromatic carbocycles. The predicted octanol–water partition coefficient (Wildman–Crippen LogP) is 0.887. The number of carbonyl (C=O) groups excluding carboxylic acids is 1. The number of nitrogens with one attached hydrogen (secondary N) is 1. The minimum Gasteiger partial charge on any atom is -0.481 e. The van der Waals surface area contributed by atoms with Gasteiger partial charge in [-0.15, -0.1) is 11.8 Å². The van der Waals surface area contributed by atoms with E-state index in [9.17, 15) is 9.59 Å². The minimum absolute atomic E-state index is 0.0853. The molecule has 1 amide bonds. The molecule has 15 heavy (non-hydrogen) atoms. The standard InChI is InChI=1S/C10H15NO3S/c12-9(4-3-8-1-2-8)11-5-6-15-7-10(13)14/h3-4,8H,1-2,5-7H2,(H,11,12)(H,13,14)/b4-3+. The Hall–Kier alpha value is -0.970. The summed E-state index contributed by atoms with van der Waals surface area (Å²) >= 11 is 1.30. The molecule has 0 atom stereocenters. The predicted molar refractivity (Wildman–Crippen MR) is 59.8 cm³/mol. The lowest BCUT2D eigenvalue weighted by molar-refractivity contribution is -0.133. The second-order valence-electron chi connectivity index (χ2n) is 3.43. The minimum atomic E-state index is -0.819. The molecule has 1 rings (SSSR count). The summed E-state index contributed by atoms with van der Waals surface area (Å²) in [5.41, 5.74) is 0. The average Bonchev–Trinajstić information content (AvgIpc) is 2.97. The van der Waals surface area contributed by atoms with Crippen LogP contribution in [0.3, 0.4) is 0 Å². The lowest BCUT2D eigenvalue weighted by Gasteiger charge is -2.00. The van der Waals surface area contributed by atoms with Gasteiger partial charge in [0, 0.05) is 12.3 Å². The van der Waals surface area contributed by atoms with E-state index in [1.54, 1.807) is 6.08 Å². The zero-order chi connectivity index (χ0) is 11.1. The van der Waals surface area contributed by atoms with Crippen LogP contribution in [0.1, 0.15) is 12.8 Å². The molecule has 0 saturated heterocycles. The Balaban J connectivity index is 1.94. The zero-order valence-corrected chi connectivity index (χ0v) is 9.26.